The lowest BCUT2D eigenvalue weighted by atomic mass is 9.94. The van der Waals surface area contributed by atoms with Crippen LogP contribution in [-0.4, -0.2) is 67.5 Å². The summed E-state index contributed by atoms with van der Waals surface area (Å²) in [4.78, 5) is 20.3. The van der Waals surface area contributed by atoms with Gasteiger partial charge in [-0.1, -0.05) is 45.9 Å². The number of nitrogens with zero attached hydrogens (tertiary/aromatic N) is 1. The molecule has 0 spiro atoms. The molecule has 0 saturated heterocycles. The van der Waals surface area contributed by atoms with Crippen LogP contribution in [0.25, 0.3) is 0 Å². The van der Waals surface area contributed by atoms with Gasteiger partial charge in [0.15, 0.2) is 0 Å². The number of carboxylic acids is 2. The topological polar surface area (TPSA) is 96.3 Å². The van der Waals surface area contributed by atoms with Crippen LogP contribution in [-0.2, 0) is 14.3 Å². The number of ether oxygens (including phenoxy) is 2. The summed E-state index contributed by atoms with van der Waals surface area (Å²) in [5.74, 6) is -1.66. The summed E-state index contributed by atoms with van der Waals surface area (Å²) in [6.07, 6.45) is 0. The van der Waals surface area contributed by atoms with E-state index in [4.69, 9.17) is 29.3 Å². The van der Waals surface area contributed by atoms with Gasteiger partial charge in [0, 0.05) is 6.54 Å². The van der Waals surface area contributed by atoms with Crippen molar-refractivity contribution in [1.82, 2.24) is 4.90 Å². The Hall–Kier alpha value is -2.12. The molecule has 1 aromatic rings. The van der Waals surface area contributed by atoms with E-state index in [2.05, 4.69) is 50.8 Å². The zero-order chi connectivity index (χ0) is 21.0. The largest absolute Gasteiger partial charge is 0.491 e. The number of carbonyl (C=O) groups is 2. The Balaban J connectivity index is 0.000000972. The van der Waals surface area contributed by atoms with Gasteiger partial charge in [-0.25, -0.2) is 9.59 Å². The average Bonchev–Trinajstić information content (AvgIpc) is 2.57. The maximum absolute atomic E-state index is 9.10. The van der Waals surface area contributed by atoms with Crippen LogP contribution >= 0.6 is 0 Å². The molecule has 7 nitrogen and oxygen atoms in total. The molecule has 0 atom stereocenters. The monoisotopic (exact) mass is 383 g/mol. The predicted octanol–water partition coefficient (Wildman–Crippen LogP) is 3.05. The number of hydrogen-bond donors (Lipinski definition) is 2. The summed E-state index contributed by atoms with van der Waals surface area (Å²) in [6, 6.07) is 6.46. The first-order chi connectivity index (χ1) is 12.6. The fraction of sp³-hybridized carbons (Fsp3) is 0.600. The summed E-state index contributed by atoms with van der Waals surface area (Å²) in [5.41, 5.74) is 2.57. The third-order valence-electron chi connectivity index (χ3n) is 3.66. The number of aliphatic carboxylic acids is 2. The lowest BCUT2D eigenvalue weighted by Crippen LogP contribution is -2.19. The van der Waals surface area contributed by atoms with Crippen LogP contribution in [0.15, 0.2) is 18.2 Å². The molecule has 1 rings (SSSR count). The molecule has 0 aliphatic rings. The third-order valence-corrected chi connectivity index (χ3v) is 3.66. The van der Waals surface area contributed by atoms with Crippen molar-refractivity contribution in [2.24, 2.45) is 0 Å². The molecule has 0 heterocycles. The van der Waals surface area contributed by atoms with Crippen molar-refractivity contribution in [3.8, 4) is 5.75 Å². The average molecular weight is 383 g/mol. The molecule has 0 aliphatic heterocycles. The highest BCUT2D eigenvalue weighted by Gasteiger charge is 2.14. The number of likely N-dealkylation sites (N-methyl/N-ethyl adjacent to an activating group) is 1. The lowest BCUT2D eigenvalue weighted by Gasteiger charge is -2.20. The Bertz CT molecular complexity index is 546. The minimum atomic E-state index is -1.82. The molecule has 0 saturated carbocycles. The fourth-order valence-electron chi connectivity index (χ4n) is 2.20. The van der Waals surface area contributed by atoms with E-state index >= 15 is 0 Å². The molecule has 0 bridgehead atoms. The molecule has 0 fully saturated rings. The number of para-hydroxylation sites is 1. The summed E-state index contributed by atoms with van der Waals surface area (Å²) < 4.78 is 11.7. The van der Waals surface area contributed by atoms with Gasteiger partial charge in [0.05, 0.1) is 13.2 Å². The highest BCUT2D eigenvalue weighted by atomic mass is 16.5. The highest BCUT2D eigenvalue weighted by molar-refractivity contribution is 6.27. The molecule has 0 amide bonds. The van der Waals surface area contributed by atoms with E-state index < -0.39 is 11.9 Å². The SMILES string of the molecule is CC(C)c1cccc(C(C)C)c1OCCOCCN(C)C.O=C(O)C(=O)O. The molecule has 1 aromatic carbocycles. The van der Waals surface area contributed by atoms with Crippen molar-refractivity contribution in [2.75, 3.05) is 40.5 Å². The van der Waals surface area contributed by atoms with Crippen molar-refractivity contribution >= 4 is 11.9 Å². The van der Waals surface area contributed by atoms with Crippen LogP contribution in [0.4, 0.5) is 0 Å². The van der Waals surface area contributed by atoms with Gasteiger partial charge in [0.25, 0.3) is 0 Å². The second-order valence-corrected chi connectivity index (χ2v) is 6.95. The number of carboxylic acid groups (broad SMARTS) is 2. The van der Waals surface area contributed by atoms with Crippen molar-refractivity contribution in [3.05, 3.63) is 29.3 Å². The smallest absolute Gasteiger partial charge is 0.414 e. The summed E-state index contributed by atoms with van der Waals surface area (Å²) in [7, 11) is 4.10. The van der Waals surface area contributed by atoms with Crippen LogP contribution in [0.3, 0.4) is 0 Å². The molecular formula is C20H33NO6. The van der Waals surface area contributed by atoms with E-state index in [0.29, 0.717) is 25.0 Å². The molecular weight excluding hydrogens is 350 g/mol. The normalized spacial score (nSPS) is 10.7. The fourth-order valence-corrected chi connectivity index (χ4v) is 2.20. The van der Waals surface area contributed by atoms with Crippen molar-refractivity contribution in [2.45, 2.75) is 39.5 Å². The van der Waals surface area contributed by atoms with Crippen molar-refractivity contribution in [1.29, 1.82) is 0 Å². The maximum atomic E-state index is 9.10. The molecule has 0 aromatic heterocycles. The number of hydrogen-bond acceptors (Lipinski definition) is 5. The zero-order valence-electron chi connectivity index (χ0n) is 17.2. The maximum Gasteiger partial charge on any atom is 0.414 e. The van der Waals surface area contributed by atoms with Crippen LogP contribution in [0.1, 0.15) is 50.7 Å². The molecule has 27 heavy (non-hydrogen) atoms. The predicted molar refractivity (Wildman–Crippen MR) is 105 cm³/mol. The molecule has 0 aliphatic carbocycles. The third kappa shape index (κ3) is 10.6. The van der Waals surface area contributed by atoms with Crippen LogP contribution in [0.5, 0.6) is 5.75 Å². The number of rotatable bonds is 9. The quantitative estimate of drug-likeness (QED) is 0.500. The minimum Gasteiger partial charge on any atom is -0.491 e. The van der Waals surface area contributed by atoms with Gasteiger partial charge in [-0.2, -0.15) is 0 Å². The van der Waals surface area contributed by atoms with Crippen molar-refractivity contribution < 1.29 is 29.3 Å². The molecule has 2 N–H and O–H groups in total. The van der Waals surface area contributed by atoms with Gasteiger partial charge in [0.2, 0.25) is 0 Å². The first kappa shape index (κ1) is 24.9. The first-order valence-electron chi connectivity index (χ1n) is 9.02. The Labute approximate surface area is 161 Å². The molecule has 0 unspecified atom stereocenters. The van der Waals surface area contributed by atoms with Gasteiger partial charge in [-0.15, -0.1) is 0 Å². The summed E-state index contributed by atoms with van der Waals surface area (Å²) in [6.45, 7) is 11.8. The van der Waals surface area contributed by atoms with E-state index in [1.54, 1.807) is 0 Å². The van der Waals surface area contributed by atoms with Gasteiger partial charge < -0.3 is 24.6 Å². The van der Waals surface area contributed by atoms with Gasteiger partial charge in [0.1, 0.15) is 12.4 Å². The zero-order valence-corrected chi connectivity index (χ0v) is 17.2. The second-order valence-electron chi connectivity index (χ2n) is 6.95. The Morgan fingerprint density at radius 2 is 1.41 bits per heavy atom. The molecule has 7 heteroatoms. The Morgan fingerprint density at radius 1 is 0.926 bits per heavy atom. The van der Waals surface area contributed by atoms with E-state index in [1.165, 1.54) is 11.1 Å². The summed E-state index contributed by atoms with van der Waals surface area (Å²) in [5, 5.41) is 14.8. The van der Waals surface area contributed by atoms with E-state index in [9.17, 15) is 0 Å². The molecule has 154 valence electrons. The minimum absolute atomic E-state index is 0.466. The Morgan fingerprint density at radius 3 is 1.78 bits per heavy atom. The first-order valence-corrected chi connectivity index (χ1v) is 9.02. The van der Waals surface area contributed by atoms with Gasteiger partial charge in [-0.05, 0) is 37.1 Å². The second kappa shape index (κ2) is 13.1. The van der Waals surface area contributed by atoms with Crippen LogP contribution in [0.2, 0.25) is 0 Å². The van der Waals surface area contributed by atoms with Gasteiger partial charge in [-0.3, -0.25) is 0 Å². The lowest BCUT2D eigenvalue weighted by molar-refractivity contribution is -0.159. The van der Waals surface area contributed by atoms with E-state index in [-0.39, 0.29) is 0 Å². The van der Waals surface area contributed by atoms with E-state index in [0.717, 1.165) is 18.9 Å². The molecule has 0 radical (unpaired) electrons. The Kier molecular flexibility index (Phi) is 12.1. The van der Waals surface area contributed by atoms with E-state index in [1.807, 2.05) is 14.1 Å². The highest BCUT2D eigenvalue weighted by Crippen LogP contribution is 2.34. The van der Waals surface area contributed by atoms with Crippen molar-refractivity contribution in [3.63, 3.8) is 0 Å². The standard InChI is InChI=1S/C18H31NO2.C2H2O4/c1-14(2)16-8-7-9-17(15(3)4)18(16)21-13-12-20-11-10-19(5)6;3-1(4)2(5)6/h7-9,14-15H,10-13H2,1-6H3;(H,3,4)(H,5,6). The van der Waals surface area contributed by atoms with Crippen LogP contribution in [0, 0.1) is 0 Å². The summed E-state index contributed by atoms with van der Waals surface area (Å²) >= 11 is 0. The van der Waals surface area contributed by atoms with Gasteiger partial charge >= 0.3 is 11.9 Å². The number of benzene rings is 1. The van der Waals surface area contributed by atoms with Crippen LogP contribution < -0.4 is 4.74 Å².